The van der Waals surface area contributed by atoms with Crippen LogP contribution in [0.15, 0.2) is 24.3 Å². The molecular weight excluding hydrogens is 500 g/mol. The molecule has 1 saturated carbocycles. The fourth-order valence-electron chi connectivity index (χ4n) is 6.71. The number of hydrogen-bond donors (Lipinski definition) is 1. The highest BCUT2D eigenvalue weighted by Gasteiger charge is 2.43. The van der Waals surface area contributed by atoms with E-state index in [4.69, 9.17) is 28.4 Å². The summed E-state index contributed by atoms with van der Waals surface area (Å²) in [5.74, 6) is 1.41. The van der Waals surface area contributed by atoms with Gasteiger partial charge in [0.15, 0.2) is 24.1 Å². The van der Waals surface area contributed by atoms with Crippen LogP contribution in [0.25, 0.3) is 0 Å². The molecule has 1 N–H and O–H groups in total. The normalized spacial score (nSPS) is 32.3. The zero-order valence-corrected chi connectivity index (χ0v) is 23.3. The maximum absolute atomic E-state index is 11.5. The molecule has 8 heteroatoms. The van der Waals surface area contributed by atoms with Gasteiger partial charge in [0.2, 0.25) is 0 Å². The Morgan fingerprint density at radius 1 is 0.974 bits per heavy atom. The van der Waals surface area contributed by atoms with Crippen molar-refractivity contribution in [3.05, 3.63) is 35.4 Å². The van der Waals surface area contributed by atoms with E-state index in [1.807, 2.05) is 0 Å². The highest BCUT2D eigenvalue weighted by molar-refractivity contribution is 5.50. The fraction of sp³-hybridized carbons (Fsp3) is 0.710. The van der Waals surface area contributed by atoms with Crippen molar-refractivity contribution in [1.82, 2.24) is 0 Å². The summed E-state index contributed by atoms with van der Waals surface area (Å²) in [4.78, 5) is 11.5. The minimum atomic E-state index is -0.588. The summed E-state index contributed by atoms with van der Waals surface area (Å²) < 4.78 is 35.9. The second kappa shape index (κ2) is 13.6. The van der Waals surface area contributed by atoms with Crippen LogP contribution >= 0.6 is 0 Å². The Kier molecular flexibility index (Phi) is 9.95. The van der Waals surface area contributed by atoms with Crippen LogP contribution < -0.4 is 9.47 Å². The number of benzene rings is 1. The molecule has 4 aliphatic rings. The number of aliphatic hydroxyl groups excluding tert-OH is 1. The topological polar surface area (TPSA) is 92.7 Å². The second-order valence-corrected chi connectivity index (χ2v) is 11.3. The molecule has 2 aliphatic carbocycles. The van der Waals surface area contributed by atoms with Crippen molar-refractivity contribution in [2.75, 3.05) is 27.4 Å². The van der Waals surface area contributed by atoms with Crippen LogP contribution in [0.3, 0.4) is 0 Å². The number of hydrogen-bond acceptors (Lipinski definition) is 8. The maximum atomic E-state index is 11.5. The molecule has 216 valence electrons. The number of aldehydes is 1. The summed E-state index contributed by atoms with van der Waals surface area (Å²) in [5, 5.41) is 10.9. The molecular formula is C31H44O8. The predicted octanol–water partition coefficient (Wildman–Crippen LogP) is 4.38. The molecule has 2 aliphatic heterocycles. The fourth-order valence-corrected chi connectivity index (χ4v) is 6.71. The lowest BCUT2D eigenvalue weighted by molar-refractivity contribution is -0.193. The molecule has 2 saturated heterocycles. The third-order valence-electron chi connectivity index (χ3n) is 8.83. The Hall–Kier alpha value is -1.97. The Morgan fingerprint density at radius 2 is 1.62 bits per heavy atom. The van der Waals surface area contributed by atoms with Crippen molar-refractivity contribution >= 4 is 6.29 Å². The lowest BCUT2D eigenvalue weighted by Gasteiger charge is -2.31. The van der Waals surface area contributed by atoms with Crippen LogP contribution in [0, 0.1) is 17.8 Å². The zero-order chi connectivity index (χ0) is 27.2. The predicted molar refractivity (Wildman–Crippen MR) is 145 cm³/mol. The zero-order valence-electron chi connectivity index (χ0n) is 23.3. The van der Waals surface area contributed by atoms with Gasteiger partial charge in [-0.25, -0.2) is 0 Å². The molecule has 0 bridgehead atoms. The molecule has 7 unspecified atom stereocenters. The van der Waals surface area contributed by atoms with Crippen molar-refractivity contribution in [3.8, 4) is 11.5 Å². The largest absolute Gasteiger partial charge is 0.493 e. The molecule has 39 heavy (non-hydrogen) atoms. The first kappa shape index (κ1) is 28.6. The van der Waals surface area contributed by atoms with E-state index in [1.54, 1.807) is 14.2 Å². The van der Waals surface area contributed by atoms with Crippen molar-refractivity contribution in [1.29, 1.82) is 0 Å². The third-order valence-corrected chi connectivity index (χ3v) is 8.83. The van der Waals surface area contributed by atoms with Gasteiger partial charge in [-0.1, -0.05) is 12.2 Å². The maximum Gasteiger partial charge on any atom is 0.161 e. The van der Waals surface area contributed by atoms with Crippen molar-refractivity contribution < 1.29 is 38.3 Å². The van der Waals surface area contributed by atoms with E-state index in [0.29, 0.717) is 26.1 Å². The molecule has 7 atom stereocenters. The first-order valence-corrected chi connectivity index (χ1v) is 14.7. The van der Waals surface area contributed by atoms with Crippen LogP contribution in [0.2, 0.25) is 0 Å². The summed E-state index contributed by atoms with van der Waals surface area (Å²) in [6.07, 6.45) is 12.3. The Balaban J connectivity index is 1.36. The Labute approximate surface area is 231 Å². The molecule has 0 aromatic heterocycles. The van der Waals surface area contributed by atoms with E-state index in [-0.39, 0.29) is 42.5 Å². The average Bonchev–Trinajstić information content (AvgIpc) is 3.51. The van der Waals surface area contributed by atoms with Crippen LogP contribution in [-0.4, -0.2) is 69.7 Å². The van der Waals surface area contributed by atoms with Gasteiger partial charge in [-0.05, 0) is 80.5 Å². The SMILES string of the molecule is COc1cc2c(cc1OC)CC(C(C=CC1C(OC3CCCCO3)CC(O)C1CC=O)OC1CCCCO1)C2. The third kappa shape index (κ3) is 6.85. The number of methoxy groups -OCH3 is 2. The van der Waals surface area contributed by atoms with Gasteiger partial charge in [0.05, 0.1) is 32.5 Å². The molecule has 5 rings (SSSR count). The van der Waals surface area contributed by atoms with Gasteiger partial charge in [0.1, 0.15) is 6.29 Å². The minimum Gasteiger partial charge on any atom is -0.493 e. The summed E-state index contributed by atoms with van der Waals surface area (Å²) in [7, 11) is 3.32. The molecule has 1 aromatic rings. The molecule has 8 nitrogen and oxygen atoms in total. The highest BCUT2D eigenvalue weighted by atomic mass is 16.7. The van der Waals surface area contributed by atoms with E-state index < -0.39 is 6.10 Å². The summed E-state index contributed by atoms with van der Waals surface area (Å²) >= 11 is 0. The monoisotopic (exact) mass is 544 g/mol. The summed E-state index contributed by atoms with van der Waals surface area (Å²) in [6, 6.07) is 4.15. The van der Waals surface area contributed by atoms with Gasteiger partial charge in [0, 0.05) is 37.9 Å². The summed E-state index contributed by atoms with van der Waals surface area (Å²) in [6.45, 7) is 1.42. The number of fused-ring (bicyclic) bond motifs is 1. The van der Waals surface area contributed by atoms with Crippen molar-refractivity contribution in [2.45, 2.75) is 95.1 Å². The van der Waals surface area contributed by atoms with Gasteiger partial charge in [-0.2, -0.15) is 0 Å². The molecule has 0 spiro atoms. The number of carbonyl (C=O) groups excluding carboxylic acids is 1. The van der Waals surface area contributed by atoms with Gasteiger partial charge < -0.3 is 38.3 Å². The van der Waals surface area contributed by atoms with Gasteiger partial charge in [0.25, 0.3) is 0 Å². The molecule has 3 fully saturated rings. The molecule has 0 amide bonds. The minimum absolute atomic E-state index is 0.0990. The Bertz CT molecular complexity index is 935. The Morgan fingerprint density at radius 3 is 2.18 bits per heavy atom. The van der Waals surface area contributed by atoms with Crippen molar-refractivity contribution in [2.24, 2.45) is 17.8 Å². The molecule has 1 aromatic carbocycles. The van der Waals surface area contributed by atoms with Crippen LogP contribution in [0.1, 0.15) is 62.5 Å². The van der Waals surface area contributed by atoms with Gasteiger partial charge in [-0.3, -0.25) is 0 Å². The molecule has 2 heterocycles. The average molecular weight is 545 g/mol. The summed E-state index contributed by atoms with van der Waals surface area (Å²) in [5.41, 5.74) is 2.49. The lowest BCUT2D eigenvalue weighted by Crippen LogP contribution is -2.33. The number of carbonyl (C=O) groups is 1. The smallest absolute Gasteiger partial charge is 0.161 e. The highest BCUT2D eigenvalue weighted by Crippen LogP contribution is 2.41. The first-order valence-electron chi connectivity index (χ1n) is 14.7. The molecule has 0 radical (unpaired) electrons. The second-order valence-electron chi connectivity index (χ2n) is 11.3. The quantitative estimate of drug-likeness (QED) is 0.324. The number of rotatable bonds is 11. The van der Waals surface area contributed by atoms with Crippen LogP contribution in [0.5, 0.6) is 11.5 Å². The van der Waals surface area contributed by atoms with E-state index in [9.17, 15) is 9.90 Å². The van der Waals surface area contributed by atoms with E-state index in [2.05, 4.69) is 24.3 Å². The van der Waals surface area contributed by atoms with Gasteiger partial charge >= 0.3 is 0 Å². The first-order chi connectivity index (χ1) is 19.1. The van der Waals surface area contributed by atoms with Crippen LogP contribution in [-0.2, 0) is 36.6 Å². The number of aliphatic hydroxyl groups is 1. The van der Waals surface area contributed by atoms with Crippen LogP contribution in [0.4, 0.5) is 0 Å². The van der Waals surface area contributed by atoms with E-state index >= 15 is 0 Å². The van der Waals surface area contributed by atoms with E-state index in [0.717, 1.165) is 69.2 Å². The number of ether oxygens (including phenoxy) is 6. The van der Waals surface area contributed by atoms with Gasteiger partial charge in [-0.15, -0.1) is 0 Å². The van der Waals surface area contributed by atoms with E-state index in [1.165, 1.54) is 11.1 Å². The standard InChI is InChI=1S/C31H44O8/c1-34-28-17-20-15-22(16-21(20)18-29(28)35-2)26(38-30-7-3-5-13-36-30)10-9-24-23(11-12-32)25(33)19-27(24)39-31-8-4-6-14-37-31/h9-10,12,17-18,22-27,30-31,33H,3-8,11,13-16,19H2,1-2H3. The lowest BCUT2D eigenvalue weighted by atomic mass is 9.89. The van der Waals surface area contributed by atoms with Crippen molar-refractivity contribution in [3.63, 3.8) is 0 Å².